The summed E-state index contributed by atoms with van der Waals surface area (Å²) in [7, 11) is 0. The summed E-state index contributed by atoms with van der Waals surface area (Å²) in [6.07, 6.45) is 0. The van der Waals surface area contributed by atoms with Crippen LogP contribution < -0.4 is 5.32 Å². The second kappa shape index (κ2) is 5.25. The summed E-state index contributed by atoms with van der Waals surface area (Å²) < 4.78 is 1.63. The predicted octanol–water partition coefficient (Wildman–Crippen LogP) is 2.11. The van der Waals surface area contributed by atoms with Gasteiger partial charge in [-0.05, 0) is 12.8 Å². The van der Waals surface area contributed by atoms with Crippen LogP contribution in [0.2, 0.25) is 0 Å². The molecule has 0 spiro atoms. The van der Waals surface area contributed by atoms with Crippen molar-refractivity contribution < 1.29 is 9.90 Å². The van der Waals surface area contributed by atoms with Crippen LogP contribution in [0.4, 0.5) is 5.82 Å². The third-order valence-corrected chi connectivity index (χ3v) is 3.64. The van der Waals surface area contributed by atoms with E-state index in [1.165, 1.54) is 0 Å². The zero-order valence-corrected chi connectivity index (χ0v) is 12.6. The fraction of sp³-hybridized carbons (Fsp3) is 0.333. The Balaban J connectivity index is 2.22. The van der Waals surface area contributed by atoms with Gasteiger partial charge in [-0.2, -0.15) is 4.52 Å². The number of aromatic nitrogens is 4. The quantitative estimate of drug-likeness (QED) is 0.766. The van der Waals surface area contributed by atoms with E-state index in [9.17, 15) is 9.90 Å². The van der Waals surface area contributed by atoms with E-state index < -0.39 is 12.0 Å². The minimum atomic E-state index is -0.901. The van der Waals surface area contributed by atoms with E-state index in [1.54, 1.807) is 4.52 Å². The van der Waals surface area contributed by atoms with Crippen molar-refractivity contribution in [1.29, 1.82) is 0 Å². The minimum Gasteiger partial charge on any atom is -0.480 e. The van der Waals surface area contributed by atoms with Gasteiger partial charge in [-0.25, -0.2) is 4.79 Å². The molecule has 1 aromatic carbocycles. The number of aliphatic carboxylic acids is 1. The first-order valence-electron chi connectivity index (χ1n) is 7.09. The van der Waals surface area contributed by atoms with Crippen LogP contribution in [0.25, 0.3) is 16.4 Å². The van der Waals surface area contributed by atoms with Crippen LogP contribution >= 0.6 is 0 Å². The molecule has 0 amide bonds. The normalized spacial score (nSPS) is 12.9. The van der Waals surface area contributed by atoms with Crippen molar-refractivity contribution in [1.82, 2.24) is 19.8 Å². The van der Waals surface area contributed by atoms with E-state index >= 15 is 0 Å². The van der Waals surface area contributed by atoms with Crippen LogP contribution in [0.15, 0.2) is 24.3 Å². The summed E-state index contributed by atoms with van der Waals surface area (Å²) in [4.78, 5) is 11.4. The van der Waals surface area contributed by atoms with E-state index in [0.717, 1.165) is 10.8 Å². The summed E-state index contributed by atoms with van der Waals surface area (Å²) in [6.45, 7) is 5.52. The fourth-order valence-electron chi connectivity index (χ4n) is 2.45. The number of anilines is 1. The van der Waals surface area contributed by atoms with Crippen LogP contribution in [0, 0.1) is 12.8 Å². The highest BCUT2D eigenvalue weighted by Crippen LogP contribution is 2.25. The van der Waals surface area contributed by atoms with Gasteiger partial charge in [0.2, 0.25) is 0 Å². The molecule has 0 aliphatic rings. The third-order valence-electron chi connectivity index (χ3n) is 3.64. The molecule has 0 aliphatic heterocycles. The van der Waals surface area contributed by atoms with Crippen LogP contribution in [0.5, 0.6) is 0 Å². The zero-order valence-electron chi connectivity index (χ0n) is 12.6. The van der Waals surface area contributed by atoms with Crippen molar-refractivity contribution in [3.8, 4) is 0 Å². The maximum Gasteiger partial charge on any atom is 0.326 e. The Kier molecular flexibility index (Phi) is 3.40. The molecule has 114 valence electrons. The Morgan fingerprint density at radius 2 is 1.91 bits per heavy atom. The molecule has 1 atom stereocenters. The second-order valence-electron chi connectivity index (χ2n) is 5.58. The van der Waals surface area contributed by atoms with Crippen molar-refractivity contribution >= 4 is 28.2 Å². The highest BCUT2D eigenvalue weighted by molar-refractivity contribution is 6.00. The van der Waals surface area contributed by atoms with Gasteiger partial charge in [-0.1, -0.05) is 38.1 Å². The maximum atomic E-state index is 11.4. The summed E-state index contributed by atoms with van der Waals surface area (Å²) >= 11 is 0. The molecule has 0 fully saturated rings. The first kappa shape index (κ1) is 14.2. The largest absolute Gasteiger partial charge is 0.480 e. The van der Waals surface area contributed by atoms with Gasteiger partial charge in [0, 0.05) is 10.8 Å². The zero-order chi connectivity index (χ0) is 15.9. The average Bonchev–Trinajstić information content (AvgIpc) is 2.85. The highest BCUT2D eigenvalue weighted by atomic mass is 16.4. The Morgan fingerprint density at radius 3 is 2.55 bits per heavy atom. The molecule has 2 aromatic heterocycles. The molecular weight excluding hydrogens is 282 g/mol. The molecule has 22 heavy (non-hydrogen) atoms. The summed E-state index contributed by atoms with van der Waals surface area (Å²) in [5, 5.41) is 26.8. The number of carboxylic acid groups (broad SMARTS) is 1. The van der Waals surface area contributed by atoms with E-state index in [-0.39, 0.29) is 5.92 Å². The summed E-state index contributed by atoms with van der Waals surface area (Å²) in [5.74, 6) is 0.199. The average molecular weight is 299 g/mol. The van der Waals surface area contributed by atoms with Gasteiger partial charge in [0.25, 0.3) is 0 Å². The number of carboxylic acids is 1. The first-order valence-corrected chi connectivity index (χ1v) is 7.09. The number of nitrogens with zero attached hydrogens (tertiary/aromatic N) is 4. The van der Waals surface area contributed by atoms with Crippen molar-refractivity contribution in [3.05, 3.63) is 30.1 Å². The monoisotopic (exact) mass is 299 g/mol. The van der Waals surface area contributed by atoms with Crippen molar-refractivity contribution in [2.45, 2.75) is 26.8 Å². The number of aryl methyl sites for hydroxylation is 1. The van der Waals surface area contributed by atoms with Gasteiger partial charge in [0.15, 0.2) is 17.3 Å². The molecule has 7 nitrogen and oxygen atoms in total. The van der Waals surface area contributed by atoms with Crippen LogP contribution in [-0.2, 0) is 4.79 Å². The van der Waals surface area contributed by atoms with Gasteiger partial charge in [-0.3, -0.25) is 0 Å². The molecule has 3 aromatic rings. The number of rotatable bonds is 4. The van der Waals surface area contributed by atoms with Crippen molar-refractivity contribution in [2.24, 2.45) is 5.92 Å². The molecular formula is C15H17N5O2. The summed E-state index contributed by atoms with van der Waals surface area (Å²) in [5.41, 5.74) is 0.662. The van der Waals surface area contributed by atoms with E-state index in [1.807, 2.05) is 45.0 Å². The topological polar surface area (TPSA) is 92.4 Å². The number of benzene rings is 1. The van der Waals surface area contributed by atoms with Crippen molar-refractivity contribution in [2.75, 3.05) is 5.32 Å². The second-order valence-corrected chi connectivity index (χ2v) is 5.58. The molecule has 2 heterocycles. The number of nitrogens with one attached hydrogen (secondary N) is 1. The molecule has 0 saturated carbocycles. The van der Waals surface area contributed by atoms with Gasteiger partial charge in [-0.15, -0.1) is 15.3 Å². The molecule has 0 radical (unpaired) electrons. The first-order chi connectivity index (χ1) is 10.5. The number of hydrogen-bond donors (Lipinski definition) is 2. The van der Waals surface area contributed by atoms with Crippen LogP contribution in [0.3, 0.4) is 0 Å². The van der Waals surface area contributed by atoms with E-state index in [2.05, 4.69) is 20.6 Å². The lowest BCUT2D eigenvalue weighted by Crippen LogP contribution is -2.34. The van der Waals surface area contributed by atoms with Crippen LogP contribution in [-0.4, -0.2) is 36.9 Å². The highest BCUT2D eigenvalue weighted by Gasteiger charge is 2.23. The number of fused-ring (bicyclic) bond motifs is 3. The number of carbonyl (C=O) groups is 1. The lowest BCUT2D eigenvalue weighted by Gasteiger charge is -2.19. The Morgan fingerprint density at radius 1 is 1.23 bits per heavy atom. The molecule has 0 unspecified atom stereocenters. The molecule has 0 aliphatic carbocycles. The van der Waals surface area contributed by atoms with Gasteiger partial charge < -0.3 is 10.4 Å². The molecule has 3 rings (SSSR count). The third kappa shape index (κ3) is 2.24. The van der Waals surface area contributed by atoms with E-state index in [0.29, 0.717) is 17.3 Å². The standard InChI is InChI=1S/C15H17N5O2/c1-8(2)12(15(21)22)16-13-10-6-4-5-7-11(10)14-18-17-9(3)20(14)19-13/h4-8,12H,1-3H3,(H,16,19)(H,21,22)/t12-/m0/s1. The molecule has 0 saturated heterocycles. The lowest BCUT2D eigenvalue weighted by molar-refractivity contribution is -0.138. The Hall–Kier alpha value is -2.70. The molecule has 0 bridgehead atoms. The number of hydrogen-bond acceptors (Lipinski definition) is 5. The fourth-order valence-corrected chi connectivity index (χ4v) is 2.45. The van der Waals surface area contributed by atoms with Gasteiger partial charge in [0.1, 0.15) is 6.04 Å². The van der Waals surface area contributed by atoms with Crippen molar-refractivity contribution in [3.63, 3.8) is 0 Å². The SMILES string of the molecule is Cc1nnc2c3ccccc3c(N[C@H](C(=O)O)C(C)C)nn12. The van der Waals surface area contributed by atoms with Gasteiger partial charge in [0.05, 0.1) is 0 Å². The van der Waals surface area contributed by atoms with E-state index in [4.69, 9.17) is 0 Å². The lowest BCUT2D eigenvalue weighted by atomic mass is 10.0. The van der Waals surface area contributed by atoms with Crippen LogP contribution in [0.1, 0.15) is 19.7 Å². The maximum absolute atomic E-state index is 11.4. The summed E-state index contributed by atoms with van der Waals surface area (Å²) in [6, 6.07) is 6.91. The smallest absolute Gasteiger partial charge is 0.326 e. The Labute approximate surface area is 127 Å². The molecule has 2 N–H and O–H groups in total. The Bertz CT molecular complexity index is 856. The minimum absolute atomic E-state index is 0.0734. The van der Waals surface area contributed by atoms with Gasteiger partial charge >= 0.3 is 5.97 Å². The predicted molar refractivity (Wildman–Crippen MR) is 82.9 cm³/mol. The molecule has 7 heteroatoms.